The highest BCUT2D eigenvalue weighted by Gasteiger charge is 2.48. The lowest BCUT2D eigenvalue weighted by Gasteiger charge is -2.27. The Morgan fingerprint density at radius 3 is 2.68 bits per heavy atom. The monoisotopic (exact) mass is 276 g/mol. The van der Waals surface area contributed by atoms with Gasteiger partial charge in [0.1, 0.15) is 0 Å². The zero-order chi connectivity index (χ0) is 13.4. The van der Waals surface area contributed by atoms with Crippen LogP contribution in [0.4, 0.5) is 0 Å². The highest BCUT2D eigenvalue weighted by molar-refractivity contribution is 7.09. The molecular formula is C14H14NO3S-. The molecule has 2 aliphatic carbocycles. The van der Waals surface area contributed by atoms with Gasteiger partial charge in [-0.05, 0) is 29.7 Å². The number of allylic oxidation sites excluding steroid dienone is 2. The molecule has 0 saturated heterocycles. The van der Waals surface area contributed by atoms with Crippen LogP contribution in [0, 0.1) is 23.7 Å². The SMILES string of the molecule is O=C([O-])[C@@H]1[C@@H](C(=O)NCc2cccs2)[C@H]2C=C[C@H]1C2. The van der Waals surface area contributed by atoms with Crippen LogP contribution in [0.15, 0.2) is 29.7 Å². The van der Waals surface area contributed by atoms with Gasteiger partial charge in [-0.3, -0.25) is 4.79 Å². The van der Waals surface area contributed by atoms with Gasteiger partial charge in [-0.1, -0.05) is 18.2 Å². The van der Waals surface area contributed by atoms with E-state index in [0.29, 0.717) is 6.54 Å². The van der Waals surface area contributed by atoms with Crippen molar-refractivity contribution in [2.75, 3.05) is 0 Å². The van der Waals surface area contributed by atoms with E-state index < -0.39 is 17.8 Å². The van der Waals surface area contributed by atoms with Crippen molar-refractivity contribution in [2.45, 2.75) is 13.0 Å². The number of aliphatic carboxylic acids is 1. The van der Waals surface area contributed by atoms with E-state index in [1.807, 2.05) is 29.7 Å². The zero-order valence-corrected chi connectivity index (χ0v) is 11.1. The third kappa shape index (κ3) is 2.18. The first-order chi connectivity index (χ1) is 9.16. The van der Waals surface area contributed by atoms with E-state index in [9.17, 15) is 14.7 Å². The first-order valence-corrected chi connectivity index (χ1v) is 7.24. The lowest BCUT2D eigenvalue weighted by atomic mass is 9.82. The molecule has 1 saturated carbocycles. The van der Waals surface area contributed by atoms with Crippen molar-refractivity contribution in [2.24, 2.45) is 23.7 Å². The fourth-order valence-corrected chi connectivity index (χ4v) is 3.85. The minimum atomic E-state index is -1.10. The van der Waals surface area contributed by atoms with E-state index in [1.165, 1.54) is 0 Å². The summed E-state index contributed by atoms with van der Waals surface area (Å²) in [6, 6.07) is 3.87. The summed E-state index contributed by atoms with van der Waals surface area (Å²) in [5, 5.41) is 16.0. The van der Waals surface area contributed by atoms with E-state index in [0.717, 1.165) is 11.3 Å². The quantitative estimate of drug-likeness (QED) is 0.817. The second kappa shape index (κ2) is 4.81. The van der Waals surface area contributed by atoms with Gasteiger partial charge >= 0.3 is 0 Å². The number of rotatable bonds is 4. The van der Waals surface area contributed by atoms with Crippen LogP contribution < -0.4 is 10.4 Å². The lowest BCUT2D eigenvalue weighted by molar-refractivity contribution is -0.313. The minimum Gasteiger partial charge on any atom is -0.550 e. The Bertz CT molecular complexity index is 523. The molecular weight excluding hydrogens is 262 g/mol. The van der Waals surface area contributed by atoms with Gasteiger partial charge in [0.15, 0.2) is 0 Å². The largest absolute Gasteiger partial charge is 0.550 e. The highest BCUT2D eigenvalue weighted by atomic mass is 32.1. The number of carboxylic acids is 1. The highest BCUT2D eigenvalue weighted by Crippen LogP contribution is 2.47. The van der Waals surface area contributed by atoms with Crippen molar-refractivity contribution in [3.8, 4) is 0 Å². The number of nitrogens with one attached hydrogen (secondary N) is 1. The van der Waals surface area contributed by atoms with E-state index >= 15 is 0 Å². The molecule has 0 aromatic carbocycles. The number of hydrogen-bond acceptors (Lipinski definition) is 4. The molecule has 1 aromatic heterocycles. The first-order valence-electron chi connectivity index (χ1n) is 6.36. The van der Waals surface area contributed by atoms with Crippen LogP contribution in [0.3, 0.4) is 0 Å². The number of carbonyl (C=O) groups excluding carboxylic acids is 2. The normalized spacial score (nSPS) is 31.6. The van der Waals surface area contributed by atoms with Crippen molar-refractivity contribution < 1.29 is 14.7 Å². The third-order valence-corrected chi connectivity index (χ3v) is 4.93. The minimum absolute atomic E-state index is 0.0347. The Morgan fingerprint density at radius 1 is 1.32 bits per heavy atom. The molecule has 1 aromatic rings. The number of carboxylic acid groups (broad SMARTS) is 1. The maximum atomic E-state index is 12.2. The summed E-state index contributed by atoms with van der Waals surface area (Å²) in [5.74, 6) is -2.39. The summed E-state index contributed by atoms with van der Waals surface area (Å²) in [7, 11) is 0. The summed E-state index contributed by atoms with van der Waals surface area (Å²) >= 11 is 1.57. The molecule has 19 heavy (non-hydrogen) atoms. The van der Waals surface area contributed by atoms with Gasteiger partial charge in [0.25, 0.3) is 0 Å². The summed E-state index contributed by atoms with van der Waals surface area (Å²) in [6.45, 7) is 0.466. The van der Waals surface area contributed by atoms with Gasteiger partial charge in [-0.15, -0.1) is 11.3 Å². The molecule has 100 valence electrons. The second-order valence-electron chi connectivity index (χ2n) is 5.12. The Morgan fingerprint density at radius 2 is 2.05 bits per heavy atom. The molecule has 1 fully saturated rings. The van der Waals surface area contributed by atoms with E-state index in [1.54, 1.807) is 11.3 Å². The number of hydrogen-bond donors (Lipinski definition) is 1. The number of thiophene rings is 1. The summed E-state index contributed by atoms with van der Waals surface area (Å²) < 4.78 is 0. The van der Waals surface area contributed by atoms with Crippen LogP contribution >= 0.6 is 11.3 Å². The number of amides is 1. The number of fused-ring (bicyclic) bond motifs is 2. The predicted octanol–water partition coefficient (Wildman–Crippen LogP) is 0.552. The van der Waals surface area contributed by atoms with Crippen molar-refractivity contribution >= 4 is 23.2 Å². The molecule has 1 heterocycles. The Balaban J connectivity index is 1.68. The molecule has 0 unspecified atom stereocenters. The average Bonchev–Trinajstić information content (AvgIpc) is 3.10. The van der Waals surface area contributed by atoms with Crippen molar-refractivity contribution in [3.05, 3.63) is 34.5 Å². The molecule has 0 aliphatic heterocycles. The van der Waals surface area contributed by atoms with Crippen molar-refractivity contribution in [3.63, 3.8) is 0 Å². The molecule has 4 atom stereocenters. The van der Waals surface area contributed by atoms with Crippen LogP contribution in [-0.2, 0) is 16.1 Å². The second-order valence-corrected chi connectivity index (χ2v) is 6.15. The molecule has 2 aliphatic rings. The maximum absolute atomic E-state index is 12.2. The van der Waals surface area contributed by atoms with Crippen molar-refractivity contribution in [1.29, 1.82) is 0 Å². The van der Waals surface area contributed by atoms with Crippen LogP contribution in [0.5, 0.6) is 0 Å². The molecule has 2 bridgehead atoms. The first kappa shape index (κ1) is 12.4. The number of carbonyl (C=O) groups is 2. The average molecular weight is 276 g/mol. The molecule has 1 N–H and O–H groups in total. The smallest absolute Gasteiger partial charge is 0.224 e. The van der Waals surface area contributed by atoms with Crippen LogP contribution in [-0.4, -0.2) is 11.9 Å². The van der Waals surface area contributed by atoms with Gasteiger partial charge in [0.05, 0.1) is 12.5 Å². The third-order valence-electron chi connectivity index (χ3n) is 4.05. The fraction of sp³-hybridized carbons (Fsp3) is 0.429. The summed E-state index contributed by atoms with van der Waals surface area (Å²) in [6.07, 6.45) is 4.64. The zero-order valence-electron chi connectivity index (χ0n) is 10.2. The van der Waals surface area contributed by atoms with Crippen LogP contribution in [0.2, 0.25) is 0 Å². The van der Waals surface area contributed by atoms with Crippen LogP contribution in [0.25, 0.3) is 0 Å². The van der Waals surface area contributed by atoms with E-state index in [4.69, 9.17) is 0 Å². The standard InChI is InChI=1S/C14H15NO3S/c16-13(15-7-10-2-1-5-19-10)11-8-3-4-9(6-8)12(11)14(17)18/h1-5,8-9,11-12H,6-7H2,(H,15,16)(H,17,18)/p-1/t8-,9-,11-,12-/m0/s1. The van der Waals surface area contributed by atoms with Gasteiger partial charge in [-0.2, -0.15) is 0 Å². The molecule has 3 rings (SSSR count). The predicted molar refractivity (Wildman–Crippen MR) is 68.9 cm³/mol. The Kier molecular flexibility index (Phi) is 3.14. The van der Waals surface area contributed by atoms with E-state index in [-0.39, 0.29) is 17.7 Å². The molecule has 0 spiro atoms. The lowest BCUT2D eigenvalue weighted by Crippen LogP contribution is -2.44. The molecule has 1 amide bonds. The molecule has 5 heteroatoms. The van der Waals surface area contributed by atoms with Gasteiger partial charge < -0.3 is 15.2 Å². The summed E-state index contributed by atoms with van der Waals surface area (Å²) in [5.41, 5.74) is 0. The Hall–Kier alpha value is -1.62. The van der Waals surface area contributed by atoms with E-state index in [2.05, 4.69) is 5.32 Å². The topological polar surface area (TPSA) is 69.2 Å². The van der Waals surface area contributed by atoms with Crippen LogP contribution in [0.1, 0.15) is 11.3 Å². The fourth-order valence-electron chi connectivity index (χ4n) is 3.21. The van der Waals surface area contributed by atoms with Crippen molar-refractivity contribution in [1.82, 2.24) is 5.32 Å². The molecule has 0 radical (unpaired) electrons. The van der Waals surface area contributed by atoms with Gasteiger partial charge in [0, 0.05) is 16.8 Å². The van der Waals surface area contributed by atoms with Gasteiger partial charge in [-0.25, -0.2) is 0 Å². The molecule has 4 nitrogen and oxygen atoms in total. The maximum Gasteiger partial charge on any atom is 0.224 e. The van der Waals surface area contributed by atoms with Gasteiger partial charge in [0.2, 0.25) is 5.91 Å². The Labute approximate surface area is 115 Å². The summed E-state index contributed by atoms with van der Waals surface area (Å²) in [4.78, 5) is 24.5.